The van der Waals surface area contributed by atoms with Gasteiger partial charge in [0.15, 0.2) is 5.12 Å². The minimum absolute atomic E-state index is 0.00874. The van der Waals surface area contributed by atoms with E-state index >= 15 is 0 Å². The highest BCUT2D eigenvalue weighted by atomic mass is 32.2. The summed E-state index contributed by atoms with van der Waals surface area (Å²) in [6.45, 7) is 1.85. The molecule has 1 aromatic rings. The van der Waals surface area contributed by atoms with Crippen LogP contribution >= 0.6 is 11.8 Å². The number of rotatable bonds is 3. The Balaban J connectivity index is 2.11. The van der Waals surface area contributed by atoms with Crippen molar-refractivity contribution in [3.05, 3.63) is 24.0 Å². The minimum Gasteiger partial charge on any atom is -0.508 e. The van der Waals surface area contributed by atoms with E-state index in [1.807, 2.05) is 0 Å². The Bertz CT molecular complexity index is 521. The molecule has 1 atom stereocenters. The number of phenolic OH excluding ortho intramolecular Hbond substituents is 1. The number of amides is 1. The number of carbonyl (C=O) groups is 2. The van der Waals surface area contributed by atoms with Crippen LogP contribution in [0.1, 0.15) is 13.3 Å². The van der Waals surface area contributed by atoms with Crippen molar-refractivity contribution in [1.29, 1.82) is 0 Å². The Morgan fingerprint density at radius 1 is 1.58 bits per heavy atom. The van der Waals surface area contributed by atoms with Gasteiger partial charge in [0.05, 0.1) is 5.69 Å². The zero-order valence-electron chi connectivity index (χ0n) is 10.4. The van der Waals surface area contributed by atoms with Crippen LogP contribution in [-0.2, 0) is 9.59 Å². The van der Waals surface area contributed by atoms with Crippen LogP contribution in [0.5, 0.6) is 5.75 Å². The number of benzene rings is 1. The Hall–Kier alpha value is -1.56. The second kappa shape index (κ2) is 5.61. The molecule has 0 bridgehead atoms. The predicted molar refractivity (Wildman–Crippen MR) is 71.7 cm³/mol. The van der Waals surface area contributed by atoms with E-state index in [0.29, 0.717) is 18.7 Å². The van der Waals surface area contributed by atoms with Gasteiger partial charge in [0.25, 0.3) is 0 Å². The number of hydrogen-bond donors (Lipinski definition) is 1. The van der Waals surface area contributed by atoms with Gasteiger partial charge in [-0.3, -0.25) is 9.59 Å². The fraction of sp³-hybridized carbons (Fsp3) is 0.385. The molecule has 4 nitrogen and oxygen atoms in total. The molecule has 1 amide bonds. The Labute approximate surface area is 114 Å². The average Bonchev–Trinajstić information content (AvgIpc) is 2.71. The number of nitrogens with zero attached hydrogens (tertiary/aromatic N) is 1. The Morgan fingerprint density at radius 2 is 2.32 bits per heavy atom. The summed E-state index contributed by atoms with van der Waals surface area (Å²) in [4.78, 5) is 24.1. The summed E-state index contributed by atoms with van der Waals surface area (Å²) in [5.74, 6) is -0.212. The largest absolute Gasteiger partial charge is 0.508 e. The third kappa shape index (κ3) is 3.26. The van der Waals surface area contributed by atoms with Gasteiger partial charge in [0, 0.05) is 31.7 Å². The fourth-order valence-corrected chi connectivity index (χ4v) is 2.76. The molecule has 6 heteroatoms. The molecule has 1 heterocycles. The van der Waals surface area contributed by atoms with Crippen molar-refractivity contribution < 1.29 is 19.1 Å². The zero-order valence-corrected chi connectivity index (χ0v) is 11.2. The lowest BCUT2D eigenvalue weighted by atomic mass is 10.1. The number of aromatic hydroxyl groups is 1. The van der Waals surface area contributed by atoms with Crippen LogP contribution in [0.15, 0.2) is 18.2 Å². The van der Waals surface area contributed by atoms with Gasteiger partial charge in [-0.2, -0.15) is 0 Å². The molecule has 1 N–H and O–H groups in total. The van der Waals surface area contributed by atoms with Crippen molar-refractivity contribution in [2.45, 2.75) is 13.3 Å². The standard InChI is InChI=1S/C13H14FNO3S/c1-8(16)19-7-9-4-13(18)15(6-9)12-5-10(17)2-3-11(12)14/h2-3,5,9,17H,4,6-7H2,1H3. The first-order chi connectivity index (χ1) is 8.97. The normalized spacial score (nSPS) is 18.9. The number of hydrogen-bond acceptors (Lipinski definition) is 4. The molecule has 0 spiro atoms. The van der Waals surface area contributed by atoms with Crippen molar-refractivity contribution >= 4 is 28.5 Å². The van der Waals surface area contributed by atoms with Gasteiger partial charge in [-0.25, -0.2) is 4.39 Å². The predicted octanol–water partition coefficient (Wildman–Crippen LogP) is 2.16. The van der Waals surface area contributed by atoms with Gasteiger partial charge in [-0.05, 0) is 18.1 Å². The highest BCUT2D eigenvalue weighted by Crippen LogP contribution is 2.31. The van der Waals surface area contributed by atoms with Crippen LogP contribution in [0.3, 0.4) is 0 Å². The van der Waals surface area contributed by atoms with E-state index < -0.39 is 5.82 Å². The highest BCUT2D eigenvalue weighted by Gasteiger charge is 2.32. The molecule has 19 heavy (non-hydrogen) atoms. The van der Waals surface area contributed by atoms with Gasteiger partial charge in [0.2, 0.25) is 5.91 Å². The fourth-order valence-electron chi connectivity index (χ4n) is 2.07. The minimum atomic E-state index is -0.536. The average molecular weight is 283 g/mol. The van der Waals surface area contributed by atoms with Crippen LogP contribution in [0.25, 0.3) is 0 Å². The molecule has 0 aromatic heterocycles. The van der Waals surface area contributed by atoms with Gasteiger partial charge in [-0.1, -0.05) is 11.8 Å². The number of thioether (sulfide) groups is 1. The lowest BCUT2D eigenvalue weighted by molar-refractivity contribution is -0.117. The summed E-state index contributed by atoms with van der Waals surface area (Å²) < 4.78 is 13.7. The maximum absolute atomic E-state index is 13.7. The molecule has 1 fully saturated rings. The third-order valence-electron chi connectivity index (χ3n) is 2.95. The summed E-state index contributed by atoms with van der Waals surface area (Å²) in [6, 6.07) is 3.62. The molecule has 1 aliphatic heterocycles. The molecule has 1 saturated heterocycles. The molecule has 0 saturated carbocycles. The van der Waals surface area contributed by atoms with Crippen molar-refractivity contribution in [2.75, 3.05) is 17.2 Å². The van der Waals surface area contributed by atoms with E-state index in [1.54, 1.807) is 0 Å². The van der Waals surface area contributed by atoms with E-state index in [1.165, 1.54) is 35.7 Å². The van der Waals surface area contributed by atoms with E-state index in [4.69, 9.17) is 0 Å². The molecular weight excluding hydrogens is 269 g/mol. The maximum Gasteiger partial charge on any atom is 0.227 e. The Morgan fingerprint density at radius 3 is 3.00 bits per heavy atom. The van der Waals surface area contributed by atoms with Crippen LogP contribution in [0, 0.1) is 11.7 Å². The van der Waals surface area contributed by atoms with Crippen molar-refractivity contribution in [3.63, 3.8) is 0 Å². The highest BCUT2D eigenvalue weighted by molar-refractivity contribution is 8.13. The molecular formula is C13H14FNO3S. The smallest absolute Gasteiger partial charge is 0.227 e. The molecule has 1 aromatic carbocycles. The van der Waals surface area contributed by atoms with Gasteiger partial charge in [0.1, 0.15) is 11.6 Å². The van der Waals surface area contributed by atoms with Crippen LogP contribution < -0.4 is 4.90 Å². The molecule has 102 valence electrons. The van der Waals surface area contributed by atoms with Crippen LogP contribution in [0.4, 0.5) is 10.1 Å². The first-order valence-electron chi connectivity index (χ1n) is 5.89. The number of anilines is 1. The van der Waals surface area contributed by atoms with Crippen molar-refractivity contribution in [2.24, 2.45) is 5.92 Å². The van der Waals surface area contributed by atoms with E-state index in [0.717, 1.165) is 6.07 Å². The lowest BCUT2D eigenvalue weighted by Gasteiger charge is -2.17. The Kier molecular flexibility index (Phi) is 4.09. The van der Waals surface area contributed by atoms with E-state index in [2.05, 4.69) is 0 Å². The third-order valence-corrected chi connectivity index (χ3v) is 3.99. The molecule has 0 aliphatic carbocycles. The summed E-state index contributed by atoms with van der Waals surface area (Å²) >= 11 is 1.17. The maximum atomic E-state index is 13.7. The zero-order chi connectivity index (χ0) is 14.0. The summed E-state index contributed by atoms with van der Waals surface area (Å²) in [7, 11) is 0. The number of halogens is 1. The first-order valence-corrected chi connectivity index (χ1v) is 6.88. The van der Waals surface area contributed by atoms with Crippen LogP contribution in [0.2, 0.25) is 0 Å². The molecule has 1 aliphatic rings. The summed E-state index contributed by atoms with van der Waals surface area (Å²) in [5.41, 5.74) is 0.0975. The van der Waals surface area contributed by atoms with Crippen molar-refractivity contribution in [1.82, 2.24) is 0 Å². The molecule has 0 radical (unpaired) electrons. The van der Waals surface area contributed by atoms with E-state index in [-0.39, 0.29) is 28.4 Å². The molecule has 1 unspecified atom stereocenters. The second-order valence-corrected chi connectivity index (χ2v) is 5.71. The number of carbonyl (C=O) groups excluding carboxylic acids is 2. The second-order valence-electron chi connectivity index (χ2n) is 4.51. The molecule has 2 rings (SSSR count). The monoisotopic (exact) mass is 283 g/mol. The van der Waals surface area contributed by atoms with Crippen LogP contribution in [-0.4, -0.2) is 28.4 Å². The topological polar surface area (TPSA) is 57.6 Å². The van der Waals surface area contributed by atoms with E-state index in [9.17, 15) is 19.1 Å². The summed E-state index contributed by atoms with van der Waals surface area (Å²) in [5, 5.41) is 9.38. The van der Waals surface area contributed by atoms with Gasteiger partial charge in [-0.15, -0.1) is 0 Å². The van der Waals surface area contributed by atoms with Crippen molar-refractivity contribution in [3.8, 4) is 5.75 Å². The quantitative estimate of drug-likeness (QED) is 0.923. The van der Waals surface area contributed by atoms with Gasteiger partial charge >= 0.3 is 0 Å². The lowest BCUT2D eigenvalue weighted by Crippen LogP contribution is -2.25. The number of phenols is 1. The SMILES string of the molecule is CC(=O)SCC1CC(=O)N(c2cc(O)ccc2F)C1. The first kappa shape index (κ1) is 13.9. The summed E-state index contributed by atoms with van der Waals surface area (Å²) in [6.07, 6.45) is 0.301. The van der Waals surface area contributed by atoms with Gasteiger partial charge < -0.3 is 10.0 Å².